The van der Waals surface area contributed by atoms with Gasteiger partial charge in [-0.15, -0.1) is 0 Å². The molecule has 0 bridgehead atoms. The average Bonchev–Trinajstić information content (AvgIpc) is 2.69. The van der Waals surface area contributed by atoms with Crippen LogP contribution in [-0.2, 0) is 9.47 Å². The van der Waals surface area contributed by atoms with Gasteiger partial charge in [-0.3, -0.25) is 0 Å². The minimum absolute atomic E-state index is 0.0173. The molecule has 6 heteroatoms. The van der Waals surface area contributed by atoms with Gasteiger partial charge in [-0.05, 0) is 43.0 Å². The van der Waals surface area contributed by atoms with Gasteiger partial charge in [0.25, 0.3) is 0 Å². The summed E-state index contributed by atoms with van der Waals surface area (Å²) >= 11 is 0. The summed E-state index contributed by atoms with van der Waals surface area (Å²) in [5.41, 5.74) is 0.661. The van der Waals surface area contributed by atoms with Gasteiger partial charge < -0.3 is 14.2 Å². The van der Waals surface area contributed by atoms with Crippen LogP contribution in [0.5, 0.6) is 5.75 Å². The van der Waals surface area contributed by atoms with Crippen LogP contribution in [0.25, 0.3) is 11.1 Å². The lowest BCUT2D eigenvalue weighted by atomic mass is 9.96. The van der Waals surface area contributed by atoms with Crippen LogP contribution in [0, 0.1) is 17.5 Å². The largest absolute Gasteiger partial charge is 0.494 e. The maximum absolute atomic E-state index is 14.6. The van der Waals surface area contributed by atoms with Gasteiger partial charge in [0.15, 0.2) is 11.6 Å². The topological polar surface area (TPSA) is 27.7 Å². The maximum atomic E-state index is 14.6. The summed E-state index contributed by atoms with van der Waals surface area (Å²) in [6, 6.07) is 7.05. The van der Waals surface area contributed by atoms with E-state index in [-0.39, 0.29) is 29.1 Å². The van der Waals surface area contributed by atoms with Crippen LogP contribution in [-0.4, -0.2) is 26.4 Å². The predicted molar refractivity (Wildman–Crippen MR) is 96.3 cm³/mol. The van der Waals surface area contributed by atoms with Crippen LogP contribution in [0.4, 0.5) is 13.2 Å². The van der Waals surface area contributed by atoms with E-state index in [1.807, 2.05) is 6.92 Å². The highest BCUT2D eigenvalue weighted by Gasteiger charge is 2.26. The Morgan fingerprint density at radius 2 is 1.89 bits per heavy atom. The molecule has 146 valence electrons. The molecule has 0 amide bonds. The molecule has 0 saturated carbocycles. The lowest BCUT2D eigenvalue weighted by Crippen LogP contribution is -2.28. The highest BCUT2D eigenvalue weighted by atomic mass is 19.2. The summed E-state index contributed by atoms with van der Waals surface area (Å²) in [5.74, 6) is -2.84. The maximum Gasteiger partial charge on any atom is 0.201 e. The molecule has 2 aromatic rings. The first-order chi connectivity index (χ1) is 13.0. The second-order valence-electron chi connectivity index (χ2n) is 6.57. The zero-order valence-electron chi connectivity index (χ0n) is 15.4. The second-order valence-corrected chi connectivity index (χ2v) is 6.57. The van der Waals surface area contributed by atoms with E-state index in [0.29, 0.717) is 25.2 Å². The van der Waals surface area contributed by atoms with Crippen LogP contribution >= 0.6 is 0 Å². The fraction of sp³-hybridized carbons (Fsp3) is 0.429. The lowest BCUT2D eigenvalue weighted by molar-refractivity contribution is -0.0874. The normalized spacial score (nSPS) is 19.9. The summed E-state index contributed by atoms with van der Waals surface area (Å²) in [6.45, 7) is 3.15. The second kappa shape index (κ2) is 8.76. The van der Waals surface area contributed by atoms with E-state index in [0.717, 1.165) is 12.8 Å². The Balaban J connectivity index is 1.76. The molecule has 0 aliphatic carbocycles. The molecule has 27 heavy (non-hydrogen) atoms. The van der Waals surface area contributed by atoms with Crippen LogP contribution in [0.15, 0.2) is 30.3 Å². The van der Waals surface area contributed by atoms with Crippen LogP contribution in [0.1, 0.15) is 37.9 Å². The molecule has 0 radical (unpaired) electrons. The van der Waals surface area contributed by atoms with Crippen molar-refractivity contribution in [2.45, 2.75) is 38.4 Å². The quantitative estimate of drug-likeness (QED) is 0.669. The smallest absolute Gasteiger partial charge is 0.201 e. The summed E-state index contributed by atoms with van der Waals surface area (Å²) < 4.78 is 59.0. The molecular weight excluding hydrogens is 357 g/mol. The number of hydrogen-bond acceptors (Lipinski definition) is 3. The first-order valence-corrected chi connectivity index (χ1v) is 9.10. The molecule has 1 aliphatic heterocycles. The highest BCUT2D eigenvalue weighted by Crippen LogP contribution is 2.34. The molecule has 1 fully saturated rings. The molecule has 0 N–H and O–H groups in total. The fourth-order valence-electron chi connectivity index (χ4n) is 3.26. The van der Waals surface area contributed by atoms with Crippen molar-refractivity contribution in [3.8, 4) is 16.9 Å². The van der Waals surface area contributed by atoms with Crippen LogP contribution in [0.2, 0.25) is 0 Å². The minimum Gasteiger partial charge on any atom is -0.494 e. The zero-order chi connectivity index (χ0) is 19.4. The molecule has 0 spiro atoms. The van der Waals surface area contributed by atoms with Gasteiger partial charge in [0, 0.05) is 17.7 Å². The van der Waals surface area contributed by atoms with Crippen molar-refractivity contribution in [1.29, 1.82) is 0 Å². The molecule has 2 unspecified atom stereocenters. The molecule has 0 aromatic heterocycles. The Bertz CT molecular complexity index is 786. The third-order valence-electron chi connectivity index (χ3n) is 4.72. The van der Waals surface area contributed by atoms with Gasteiger partial charge in [0.1, 0.15) is 5.82 Å². The van der Waals surface area contributed by atoms with E-state index in [1.54, 1.807) is 12.1 Å². The number of methoxy groups -OCH3 is 1. The van der Waals surface area contributed by atoms with E-state index in [1.165, 1.54) is 25.3 Å². The molecule has 1 saturated heterocycles. The first-order valence-electron chi connectivity index (χ1n) is 9.10. The third kappa shape index (κ3) is 4.28. The number of rotatable bonds is 6. The average molecular weight is 380 g/mol. The molecule has 3 rings (SSSR count). The highest BCUT2D eigenvalue weighted by molar-refractivity contribution is 5.66. The van der Waals surface area contributed by atoms with Gasteiger partial charge in [-0.2, -0.15) is 4.39 Å². The van der Waals surface area contributed by atoms with E-state index in [9.17, 15) is 13.2 Å². The van der Waals surface area contributed by atoms with Gasteiger partial charge in [-0.1, -0.05) is 19.1 Å². The van der Waals surface area contributed by atoms with Crippen molar-refractivity contribution in [2.24, 2.45) is 0 Å². The SMILES string of the molecule is CCCOC1CCC(c2ccc(-c3ccc(OC)c(F)c3F)cc2F)OC1. The molecular formula is C21H23F3O3. The molecule has 3 nitrogen and oxygen atoms in total. The summed E-state index contributed by atoms with van der Waals surface area (Å²) in [5, 5.41) is 0. The predicted octanol–water partition coefficient (Wildman–Crippen LogP) is 5.43. The molecule has 1 heterocycles. The van der Waals surface area contributed by atoms with Gasteiger partial charge in [0.2, 0.25) is 5.82 Å². The van der Waals surface area contributed by atoms with Gasteiger partial charge in [-0.25, -0.2) is 8.78 Å². The standard InChI is InChI=1S/C21H23F3O3/c1-3-10-26-14-5-8-18(27-12-14)16-6-4-13(11-17(16)22)15-7-9-19(25-2)21(24)20(15)23/h4,6-7,9,11,14,18H,3,5,8,10,12H2,1-2H3. The summed E-state index contributed by atoms with van der Waals surface area (Å²) in [6.07, 6.45) is 2.07. The molecule has 2 atom stereocenters. The Morgan fingerprint density at radius 3 is 2.52 bits per heavy atom. The van der Waals surface area contributed by atoms with Gasteiger partial charge in [0.05, 0.1) is 25.9 Å². The summed E-state index contributed by atoms with van der Waals surface area (Å²) in [4.78, 5) is 0. The fourth-order valence-corrected chi connectivity index (χ4v) is 3.26. The van der Waals surface area contributed by atoms with Crippen molar-refractivity contribution < 1.29 is 27.4 Å². The van der Waals surface area contributed by atoms with Crippen LogP contribution in [0.3, 0.4) is 0 Å². The van der Waals surface area contributed by atoms with Crippen molar-refractivity contribution in [2.75, 3.05) is 20.3 Å². The van der Waals surface area contributed by atoms with Crippen LogP contribution < -0.4 is 4.74 Å². The number of ether oxygens (including phenoxy) is 3. The van der Waals surface area contributed by atoms with E-state index < -0.39 is 17.5 Å². The van der Waals surface area contributed by atoms with Crippen molar-refractivity contribution in [1.82, 2.24) is 0 Å². The Labute approximate surface area is 157 Å². The summed E-state index contributed by atoms with van der Waals surface area (Å²) in [7, 11) is 1.26. The van der Waals surface area contributed by atoms with E-state index in [2.05, 4.69) is 0 Å². The van der Waals surface area contributed by atoms with E-state index >= 15 is 0 Å². The molecule has 2 aromatic carbocycles. The Morgan fingerprint density at radius 1 is 1.07 bits per heavy atom. The Hall–Kier alpha value is -2.05. The first kappa shape index (κ1) is 19.7. The number of hydrogen-bond donors (Lipinski definition) is 0. The number of halogens is 3. The zero-order valence-corrected chi connectivity index (χ0v) is 15.4. The van der Waals surface area contributed by atoms with Gasteiger partial charge >= 0.3 is 0 Å². The lowest BCUT2D eigenvalue weighted by Gasteiger charge is -2.29. The van der Waals surface area contributed by atoms with E-state index in [4.69, 9.17) is 14.2 Å². The monoisotopic (exact) mass is 380 g/mol. The number of benzene rings is 2. The Kier molecular flexibility index (Phi) is 6.39. The minimum atomic E-state index is -1.09. The van der Waals surface area contributed by atoms with Crippen molar-refractivity contribution >= 4 is 0 Å². The van der Waals surface area contributed by atoms with Crippen molar-refractivity contribution in [3.05, 3.63) is 53.3 Å². The third-order valence-corrected chi connectivity index (χ3v) is 4.72. The van der Waals surface area contributed by atoms with Crippen molar-refractivity contribution in [3.63, 3.8) is 0 Å². The molecule has 1 aliphatic rings.